The maximum atomic E-state index is 12.9. The molecule has 0 aliphatic heterocycles. The Labute approximate surface area is 182 Å². The number of rotatable bonds is 8. The van der Waals surface area contributed by atoms with Gasteiger partial charge >= 0.3 is 0 Å². The summed E-state index contributed by atoms with van der Waals surface area (Å²) in [6.07, 6.45) is 1.42. The number of carbonyl (C=O) groups excluding carboxylic acids is 1. The number of anilines is 1. The Bertz CT molecular complexity index is 1160. The van der Waals surface area contributed by atoms with Crippen LogP contribution in [0, 0.1) is 19.7 Å². The first-order valence-electron chi connectivity index (χ1n) is 9.97. The van der Waals surface area contributed by atoms with Crippen molar-refractivity contribution in [1.82, 2.24) is 5.32 Å². The number of aryl methyl sites for hydroxylation is 3. The molecule has 0 aliphatic carbocycles. The lowest BCUT2D eigenvalue weighted by molar-refractivity contribution is 0.0953. The monoisotopic (exact) mass is 440 g/mol. The molecular formula is C24H25FN2O3S. The summed E-state index contributed by atoms with van der Waals surface area (Å²) in [6.45, 7) is 4.11. The second kappa shape index (κ2) is 9.75. The van der Waals surface area contributed by atoms with Gasteiger partial charge in [0.05, 0.1) is 10.6 Å². The van der Waals surface area contributed by atoms with E-state index in [4.69, 9.17) is 0 Å². The Kier molecular flexibility index (Phi) is 7.07. The largest absolute Gasteiger partial charge is 0.352 e. The van der Waals surface area contributed by atoms with Crippen molar-refractivity contribution in [2.24, 2.45) is 0 Å². The van der Waals surface area contributed by atoms with Crippen molar-refractivity contribution < 1.29 is 17.6 Å². The van der Waals surface area contributed by atoms with Gasteiger partial charge in [-0.2, -0.15) is 0 Å². The molecule has 2 N–H and O–H groups in total. The van der Waals surface area contributed by atoms with Gasteiger partial charge in [-0.25, -0.2) is 12.8 Å². The summed E-state index contributed by atoms with van der Waals surface area (Å²) in [4.78, 5) is 12.7. The molecule has 0 atom stereocenters. The summed E-state index contributed by atoms with van der Waals surface area (Å²) in [7, 11) is -3.76. The summed E-state index contributed by atoms with van der Waals surface area (Å²) in [6, 6.07) is 17.8. The Morgan fingerprint density at radius 2 is 1.61 bits per heavy atom. The molecule has 5 nitrogen and oxygen atoms in total. The highest BCUT2D eigenvalue weighted by Gasteiger charge is 2.16. The topological polar surface area (TPSA) is 75.3 Å². The summed E-state index contributed by atoms with van der Waals surface area (Å²) >= 11 is 0. The van der Waals surface area contributed by atoms with Crippen LogP contribution in [0.4, 0.5) is 10.1 Å². The third-order valence-electron chi connectivity index (χ3n) is 4.92. The van der Waals surface area contributed by atoms with E-state index in [0.29, 0.717) is 29.8 Å². The van der Waals surface area contributed by atoms with E-state index in [1.54, 1.807) is 55.5 Å². The first kappa shape index (κ1) is 22.5. The number of carbonyl (C=O) groups is 1. The standard InChI is InChI=1S/C24H25FN2O3S/c1-17-5-13-22(14-6-17)31(29,30)27-23-16-20(10-7-18(23)2)24(28)26-15-3-4-19-8-11-21(25)12-9-19/h5-14,16,27H,3-4,15H2,1-2H3,(H,26,28). The number of sulfonamides is 1. The molecule has 3 aromatic rings. The zero-order chi connectivity index (χ0) is 22.4. The molecule has 7 heteroatoms. The molecule has 0 fully saturated rings. The van der Waals surface area contributed by atoms with Crippen LogP contribution in [0.15, 0.2) is 71.6 Å². The number of hydrogen-bond acceptors (Lipinski definition) is 3. The molecule has 1 amide bonds. The minimum Gasteiger partial charge on any atom is -0.352 e. The molecule has 0 unspecified atom stereocenters. The average Bonchev–Trinajstić information content (AvgIpc) is 2.74. The van der Waals surface area contributed by atoms with Crippen LogP contribution < -0.4 is 10.0 Å². The Morgan fingerprint density at radius 3 is 2.29 bits per heavy atom. The fraction of sp³-hybridized carbons (Fsp3) is 0.208. The predicted molar refractivity (Wildman–Crippen MR) is 120 cm³/mol. The molecular weight excluding hydrogens is 415 g/mol. The van der Waals surface area contributed by atoms with Gasteiger partial charge in [0.25, 0.3) is 15.9 Å². The quantitative estimate of drug-likeness (QED) is 0.503. The number of hydrogen-bond donors (Lipinski definition) is 2. The summed E-state index contributed by atoms with van der Waals surface area (Å²) in [5.41, 5.74) is 3.41. The molecule has 0 saturated heterocycles. The molecule has 0 aromatic heterocycles. The van der Waals surface area contributed by atoms with E-state index < -0.39 is 10.0 Å². The highest BCUT2D eigenvalue weighted by Crippen LogP contribution is 2.21. The van der Waals surface area contributed by atoms with E-state index in [2.05, 4.69) is 10.0 Å². The fourth-order valence-electron chi connectivity index (χ4n) is 3.04. The van der Waals surface area contributed by atoms with Crippen LogP contribution >= 0.6 is 0 Å². The SMILES string of the molecule is Cc1ccc(S(=O)(=O)Nc2cc(C(=O)NCCCc3ccc(F)cc3)ccc2C)cc1. The van der Waals surface area contributed by atoms with Crippen molar-refractivity contribution in [2.75, 3.05) is 11.3 Å². The number of benzene rings is 3. The predicted octanol–water partition coefficient (Wildman–Crippen LogP) is 4.61. The molecule has 31 heavy (non-hydrogen) atoms. The van der Waals surface area contributed by atoms with E-state index in [1.807, 2.05) is 6.92 Å². The summed E-state index contributed by atoms with van der Waals surface area (Å²) in [5, 5.41) is 2.84. The van der Waals surface area contributed by atoms with E-state index in [0.717, 1.165) is 17.5 Å². The summed E-state index contributed by atoms with van der Waals surface area (Å²) in [5.74, 6) is -0.555. The van der Waals surface area contributed by atoms with Crippen molar-refractivity contribution >= 4 is 21.6 Å². The smallest absolute Gasteiger partial charge is 0.261 e. The van der Waals surface area contributed by atoms with E-state index in [-0.39, 0.29) is 16.6 Å². The third-order valence-corrected chi connectivity index (χ3v) is 6.30. The molecule has 0 heterocycles. The van der Waals surface area contributed by atoms with Gasteiger partial charge in [-0.3, -0.25) is 9.52 Å². The molecule has 3 aromatic carbocycles. The van der Waals surface area contributed by atoms with Crippen LogP contribution in [-0.4, -0.2) is 20.9 Å². The molecule has 162 valence electrons. The van der Waals surface area contributed by atoms with E-state index in [1.165, 1.54) is 18.2 Å². The van der Waals surface area contributed by atoms with Gasteiger partial charge in [0.2, 0.25) is 0 Å². The second-order valence-corrected chi connectivity index (χ2v) is 9.12. The van der Waals surface area contributed by atoms with Gasteiger partial charge in [0.1, 0.15) is 5.82 Å². The third kappa shape index (κ3) is 6.15. The zero-order valence-electron chi connectivity index (χ0n) is 17.5. The molecule has 0 saturated carbocycles. The lowest BCUT2D eigenvalue weighted by Crippen LogP contribution is -2.25. The Balaban J connectivity index is 1.62. The molecule has 0 spiro atoms. The highest BCUT2D eigenvalue weighted by atomic mass is 32.2. The molecule has 0 radical (unpaired) electrons. The fourth-order valence-corrected chi connectivity index (χ4v) is 4.16. The van der Waals surface area contributed by atoms with Crippen molar-refractivity contribution in [3.05, 3.63) is 94.8 Å². The van der Waals surface area contributed by atoms with Crippen molar-refractivity contribution in [1.29, 1.82) is 0 Å². The van der Waals surface area contributed by atoms with Crippen LogP contribution in [0.2, 0.25) is 0 Å². The average molecular weight is 441 g/mol. The van der Waals surface area contributed by atoms with Crippen LogP contribution in [-0.2, 0) is 16.4 Å². The van der Waals surface area contributed by atoms with Gasteiger partial charge in [0, 0.05) is 12.1 Å². The maximum absolute atomic E-state index is 12.9. The maximum Gasteiger partial charge on any atom is 0.261 e. The lowest BCUT2D eigenvalue weighted by atomic mass is 10.1. The zero-order valence-corrected chi connectivity index (χ0v) is 18.3. The number of amides is 1. The summed E-state index contributed by atoms with van der Waals surface area (Å²) < 4.78 is 40.9. The molecule has 0 bridgehead atoms. The van der Waals surface area contributed by atoms with Crippen LogP contribution in [0.25, 0.3) is 0 Å². The van der Waals surface area contributed by atoms with Gasteiger partial charge in [-0.05, 0) is 74.2 Å². The van der Waals surface area contributed by atoms with Crippen LogP contribution in [0.1, 0.15) is 33.5 Å². The minimum atomic E-state index is -3.76. The number of nitrogens with one attached hydrogen (secondary N) is 2. The van der Waals surface area contributed by atoms with E-state index >= 15 is 0 Å². The highest BCUT2D eigenvalue weighted by molar-refractivity contribution is 7.92. The first-order valence-corrected chi connectivity index (χ1v) is 11.5. The number of halogens is 1. The van der Waals surface area contributed by atoms with E-state index in [9.17, 15) is 17.6 Å². The lowest BCUT2D eigenvalue weighted by Gasteiger charge is -2.13. The Hall–Kier alpha value is -3.19. The van der Waals surface area contributed by atoms with Gasteiger partial charge in [-0.15, -0.1) is 0 Å². The first-order chi connectivity index (χ1) is 14.7. The van der Waals surface area contributed by atoms with Crippen molar-refractivity contribution in [3.8, 4) is 0 Å². The normalized spacial score (nSPS) is 11.2. The molecule has 0 aliphatic rings. The van der Waals surface area contributed by atoms with Crippen LogP contribution in [0.3, 0.4) is 0 Å². The van der Waals surface area contributed by atoms with Gasteiger partial charge < -0.3 is 5.32 Å². The molecule has 3 rings (SSSR count). The van der Waals surface area contributed by atoms with Crippen LogP contribution in [0.5, 0.6) is 0 Å². The van der Waals surface area contributed by atoms with Gasteiger partial charge in [0.15, 0.2) is 0 Å². The minimum absolute atomic E-state index is 0.160. The van der Waals surface area contributed by atoms with Gasteiger partial charge in [-0.1, -0.05) is 35.9 Å². The van der Waals surface area contributed by atoms with Crippen molar-refractivity contribution in [3.63, 3.8) is 0 Å². The second-order valence-electron chi connectivity index (χ2n) is 7.43. The van der Waals surface area contributed by atoms with Crippen molar-refractivity contribution in [2.45, 2.75) is 31.6 Å². The Morgan fingerprint density at radius 1 is 0.935 bits per heavy atom.